The molecule has 0 aromatic heterocycles. The Labute approximate surface area is 180 Å². The number of hydrogen-bond acceptors (Lipinski definition) is 4. The van der Waals surface area contributed by atoms with Crippen LogP contribution in [-0.4, -0.2) is 60.4 Å². The zero-order chi connectivity index (χ0) is 19.9. The lowest BCUT2D eigenvalue weighted by atomic mass is 9.89. The van der Waals surface area contributed by atoms with Gasteiger partial charge in [0.15, 0.2) is 0 Å². The SMILES string of the molecule is CC1CCN(C(=O)C2CCN(C(=O)CCOc3ccccc3)CC2)C(CN)C1.Cl. The van der Waals surface area contributed by atoms with E-state index in [4.69, 9.17) is 10.5 Å². The summed E-state index contributed by atoms with van der Waals surface area (Å²) < 4.78 is 5.62. The van der Waals surface area contributed by atoms with Crippen LogP contribution in [-0.2, 0) is 9.59 Å². The second kappa shape index (κ2) is 11.4. The molecule has 2 heterocycles. The van der Waals surface area contributed by atoms with Crippen LogP contribution < -0.4 is 10.5 Å². The Morgan fingerprint density at radius 1 is 1.10 bits per heavy atom. The molecular weight excluding hydrogens is 390 g/mol. The number of carbonyl (C=O) groups excluding carboxylic acids is 2. The standard InChI is InChI=1S/C22H33N3O3.ClH/c1-17-7-13-25(19(15-17)16-23)22(27)18-8-11-24(12-9-18)21(26)10-14-28-20-5-3-2-4-6-20;/h2-6,17-19H,7-16,23H2,1H3;1H. The van der Waals surface area contributed by atoms with E-state index >= 15 is 0 Å². The van der Waals surface area contributed by atoms with E-state index in [0.717, 1.165) is 38.0 Å². The summed E-state index contributed by atoms with van der Waals surface area (Å²) in [6.07, 6.45) is 3.91. The van der Waals surface area contributed by atoms with Gasteiger partial charge in [-0.1, -0.05) is 25.1 Å². The highest BCUT2D eigenvalue weighted by Crippen LogP contribution is 2.27. The summed E-state index contributed by atoms with van der Waals surface area (Å²) in [5.74, 6) is 1.78. The summed E-state index contributed by atoms with van der Waals surface area (Å²) in [7, 11) is 0. The number of benzene rings is 1. The number of piperidine rings is 2. The van der Waals surface area contributed by atoms with Crippen molar-refractivity contribution in [3.63, 3.8) is 0 Å². The lowest BCUT2D eigenvalue weighted by Gasteiger charge is -2.41. The van der Waals surface area contributed by atoms with E-state index in [1.807, 2.05) is 40.1 Å². The first-order valence-electron chi connectivity index (χ1n) is 10.5. The molecule has 0 radical (unpaired) electrons. The van der Waals surface area contributed by atoms with E-state index < -0.39 is 0 Å². The minimum absolute atomic E-state index is 0. The van der Waals surface area contributed by atoms with Crippen molar-refractivity contribution in [2.24, 2.45) is 17.6 Å². The number of amides is 2. The summed E-state index contributed by atoms with van der Waals surface area (Å²) >= 11 is 0. The molecule has 6 nitrogen and oxygen atoms in total. The summed E-state index contributed by atoms with van der Waals surface area (Å²) in [5, 5.41) is 0. The Morgan fingerprint density at radius 2 is 1.79 bits per heavy atom. The van der Waals surface area contributed by atoms with E-state index in [-0.39, 0.29) is 36.2 Å². The molecule has 0 aliphatic carbocycles. The van der Waals surface area contributed by atoms with Crippen LogP contribution in [0.15, 0.2) is 30.3 Å². The van der Waals surface area contributed by atoms with Gasteiger partial charge in [-0.25, -0.2) is 0 Å². The summed E-state index contributed by atoms with van der Waals surface area (Å²) in [5.41, 5.74) is 5.91. The minimum Gasteiger partial charge on any atom is -0.493 e. The second-order valence-corrected chi connectivity index (χ2v) is 8.12. The zero-order valence-electron chi connectivity index (χ0n) is 17.3. The molecule has 29 heavy (non-hydrogen) atoms. The van der Waals surface area contributed by atoms with Crippen molar-refractivity contribution >= 4 is 24.2 Å². The Balaban J connectivity index is 0.00000300. The van der Waals surface area contributed by atoms with E-state index in [1.54, 1.807) is 0 Å². The first-order valence-corrected chi connectivity index (χ1v) is 10.5. The molecule has 7 heteroatoms. The Morgan fingerprint density at radius 3 is 2.45 bits per heavy atom. The van der Waals surface area contributed by atoms with Crippen molar-refractivity contribution in [1.29, 1.82) is 0 Å². The van der Waals surface area contributed by atoms with Crippen LogP contribution >= 0.6 is 12.4 Å². The molecule has 2 saturated heterocycles. The van der Waals surface area contributed by atoms with Crippen LogP contribution in [0.1, 0.15) is 39.0 Å². The van der Waals surface area contributed by atoms with Crippen LogP contribution in [0.2, 0.25) is 0 Å². The van der Waals surface area contributed by atoms with Gasteiger partial charge in [-0.15, -0.1) is 12.4 Å². The van der Waals surface area contributed by atoms with Gasteiger partial charge in [-0.05, 0) is 43.7 Å². The monoisotopic (exact) mass is 423 g/mol. The van der Waals surface area contributed by atoms with Crippen LogP contribution in [0, 0.1) is 11.8 Å². The molecular formula is C22H34ClN3O3. The summed E-state index contributed by atoms with van der Waals surface area (Å²) in [4.78, 5) is 29.3. The molecule has 3 rings (SSSR count). The van der Waals surface area contributed by atoms with Gasteiger partial charge in [-0.3, -0.25) is 9.59 Å². The Kier molecular flexibility index (Phi) is 9.24. The van der Waals surface area contributed by atoms with Crippen LogP contribution in [0.5, 0.6) is 5.75 Å². The highest BCUT2D eigenvalue weighted by Gasteiger charge is 2.35. The van der Waals surface area contributed by atoms with Gasteiger partial charge in [-0.2, -0.15) is 0 Å². The molecule has 162 valence electrons. The fourth-order valence-corrected chi connectivity index (χ4v) is 4.31. The fraction of sp³-hybridized carbons (Fsp3) is 0.636. The van der Waals surface area contributed by atoms with Crippen LogP contribution in [0.4, 0.5) is 0 Å². The smallest absolute Gasteiger partial charge is 0.226 e. The van der Waals surface area contributed by atoms with Gasteiger partial charge in [0.1, 0.15) is 5.75 Å². The molecule has 2 fully saturated rings. The number of carbonyl (C=O) groups is 2. The number of halogens is 1. The van der Waals surface area contributed by atoms with Gasteiger partial charge < -0.3 is 20.3 Å². The lowest BCUT2D eigenvalue weighted by Crippen LogP contribution is -2.52. The number of hydrogen-bond donors (Lipinski definition) is 1. The molecule has 2 aliphatic heterocycles. The third-order valence-electron chi connectivity index (χ3n) is 6.06. The third kappa shape index (κ3) is 6.34. The molecule has 2 N–H and O–H groups in total. The van der Waals surface area contributed by atoms with E-state index in [9.17, 15) is 9.59 Å². The topological polar surface area (TPSA) is 75.9 Å². The molecule has 1 aromatic rings. The second-order valence-electron chi connectivity index (χ2n) is 8.12. The summed E-state index contributed by atoms with van der Waals surface area (Å²) in [6.45, 7) is 5.27. The average Bonchev–Trinajstić information content (AvgIpc) is 2.74. The van der Waals surface area contributed by atoms with E-state index in [0.29, 0.717) is 38.6 Å². The number of nitrogens with two attached hydrogens (primary N) is 1. The van der Waals surface area contributed by atoms with Crippen molar-refractivity contribution in [3.8, 4) is 5.75 Å². The van der Waals surface area contributed by atoms with Crippen molar-refractivity contribution < 1.29 is 14.3 Å². The third-order valence-corrected chi connectivity index (χ3v) is 6.06. The predicted molar refractivity (Wildman–Crippen MR) is 116 cm³/mol. The number of para-hydroxylation sites is 1. The molecule has 0 saturated carbocycles. The molecule has 2 atom stereocenters. The quantitative estimate of drug-likeness (QED) is 0.763. The number of nitrogens with zero attached hydrogens (tertiary/aromatic N) is 2. The summed E-state index contributed by atoms with van der Waals surface area (Å²) in [6, 6.07) is 9.71. The first kappa shape index (κ1) is 23.5. The maximum absolute atomic E-state index is 13.0. The first-order chi connectivity index (χ1) is 13.6. The molecule has 2 aliphatic rings. The van der Waals surface area contributed by atoms with Crippen molar-refractivity contribution in [2.75, 3.05) is 32.8 Å². The highest BCUT2D eigenvalue weighted by atomic mass is 35.5. The van der Waals surface area contributed by atoms with Crippen molar-refractivity contribution in [2.45, 2.75) is 45.1 Å². The molecule has 0 spiro atoms. The Bertz CT molecular complexity index is 650. The number of rotatable bonds is 6. The molecule has 2 unspecified atom stereocenters. The molecule has 0 bridgehead atoms. The lowest BCUT2D eigenvalue weighted by molar-refractivity contribution is -0.144. The van der Waals surface area contributed by atoms with Gasteiger partial charge in [0.05, 0.1) is 13.0 Å². The highest BCUT2D eigenvalue weighted by molar-refractivity contribution is 5.85. The largest absolute Gasteiger partial charge is 0.493 e. The number of likely N-dealkylation sites (tertiary alicyclic amines) is 2. The zero-order valence-corrected chi connectivity index (χ0v) is 18.1. The maximum atomic E-state index is 13.0. The maximum Gasteiger partial charge on any atom is 0.226 e. The predicted octanol–water partition coefficient (Wildman–Crippen LogP) is 2.70. The minimum atomic E-state index is 0. The normalized spacial score (nSPS) is 22.7. The Hall–Kier alpha value is -1.79. The molecule has 1 aromatic carbocycles. The van der Waals surface area contributed by atoms with Gasteiger partial charge in [0.25, 0.3) is 0 Å². The van der Waals surface area contributed by atoms with E-state index in [2.05, 4.69) is 6.92 Å². The fourth-order valence-electron chi connectivity index (χ4n) is 4.31. The molecule has 2 amide bonds. The number of ether oxygens (including phenoxy) is 1. The van der Waals surface area contributed by atoms with Gasteiger partial charge >= 0.3 is 0 Å². The van der Waals surface area contributed by atoms with Crippen LogP contribution in [0.3, 0.4) is 0 Å². The van der Waals surface area contributed by atoms with Crippen LogP contribution in [0.25, 0.3) is 0 Å². The van der Waals surface area contributed by atoms with Gasteiger partial charge in [0.2, 0.25) is 11.8 Å². The van der Waals surface area contributed by atoms with Gasteiger partial charge in [0, 0.05) is 38.1 Å². The van der Waals surface area contributed by atoms with Crippen molar-refractivity contribution in [1.82, 2.24) is 9.80 Å². The van der Waals surface area contributed by atoms with Crippen molar-refractivity contribution in [3.05, 3.63) is 30.3 Å². The van der Waals surface area contributed by atoms with E-state index in [1.165, 1.54) is 0 Å². The average molecular weight is 424 g/mol.